The number of carbonyl (C=O) groups excluding carboxylic acids is 5. The summed E-state index contributed by atoms with van der Waals surface area (Å²) < 4.78 is 11.5. The molecule has 0 radical (unpaired) electrons. The van der Waals surface area contributed by atoms with Gasteiger partial charge in [-0.25, -0.2) is 0 Å². The van der Waals surface area contributed by atoms with Crippen molar-refractivity contribution in [2.24, 2.45) is 40.7 Å². The molecule has 12 nitrogen and oxygen atoms in total. The standard InChI is InChI=1S/C34H57N5O7/c1-20(2)24-15-26(31(42)38-25(14-21-10-11-21)28(40)30(35)41)39(16-24)32(43)29(34(3,4)5)37-19-45-18-36-27(23-8-6-7-9-23)33(44)46-17-22-12-13-22/h20-27,29,36-37H,6-19H2,1-5H3,(H2,35,41)(H,38,42)/t24-,25?,26+,27+,29-/m1/s1. The van der Waals surface area contributed by atoms with Gasteiger partial charge in [0.2, 0.25) is 17.6 Å². The summed E-state index contributed by atoms with van der Waals surface area (Å²) >= 11 is 0. The Morgan fingerprint density at radius 2 is 1.52 bits per heavy atom. The van der Waals surface area contributed by atoms with Crippen LogP contribution in [0.3, 0.4) is 0 Å². The Balaban J connectivity index is 1.36. The molecule has 3 amide bonds. The van der Waals surface area contributed by atoms with Gasteiger partial charge in [0, 0.05) is 6.54 Å². The third-order valence-corrected chi connectivity index (χ3v) is 10.2. The number of hydrogen-bond acceptors (Lipinski definition) is 9. The SMILES string of the molecule is CC(C)[C@@H]1C[C@@H](C(=O)NC(CC2CC2)C(=O)C(N)=O)N(C(=O)[C@@H](NCOCN[C@H](C(=O)OCC2CC2)C2CCCC2)C(C)(C)C)C1. The fraction of sp³-hybridized carbons (Fsp3) is 0.853. The predicted molar refractivity (Wildman–Crippen MR) is 172 cm³/mol. The second-order valence-electron chi connectivity index (χ2n) is 15.5. The van der Waals surface area contributed by atoms with Crippen LogP contribution < -0.4 is 21.7 Å². The molecule has 1 unspecified atom stereocenters. The first-order chi connectivity index (χ1) is 21.8. The van der Waals surface area contributed by atoms with Crippen molar-refractivity contribution in [1.82, 2.24) is 20.9 Å². The molecule has 1 heterocycles. The largest absolute Gasteiger partial charge is 0.464 e. The van der Waals surface area contributed by atoms with E-state index in [0.29, 0.717) is 31.9 Å². The van der Waals surface area contributed by atoms with Gasteiger partial charge in [0.1, 0.15) is 12.1 Å². The van der Waals surface area contributed by atoms with Crippen LogP contribution >= 0.6 is 0 Å². The highest BCUT2D eigenvalue weighted by atomic mass is 16.5. The lowest BCUT2D eigenvalue weighted by Gasteiger charge is -2.36. The molecule has 12 heteroatoms. The van der Waals surface area contributed by atoms with Crippen LogP contribution in [0.1, 0.15) is 98.8 Å². The van der Waals surface area contributed by atoms with Crippen LogP contribution in [0.5, 0.6) is 0 Å². The fourth-order valence-electron chi connectivity index (χ4n) is 6.78. The maximum absolute atomic E-state index is 14.2. The number of ketones is 1. The summed E-state index contributed by atoms with van der Waals surface area (Å²) in [5.41, 5.74) is 4.78. The van der Waals surface area contributed by atoms with E-state index in [1.54, 1.807) is 4.90 Å². The van der Waals surface area contributed by atoms with E-state index in [9.17, 15) is 24.0 Å². The van der Waals surface area contributed by atoms with Gasteiger partial charge < -0.3 is 25.4 Å². The quantitative estimate of drug-likeness (QED) is 0.0754. The minimum absolute atomic E-state index is 0.0596. The van der Waals surface area contributed by atoms with Gasteiger partial charge in [0.15, 0.2) is 0 Å². The average molecular weight is 648 g/mol. The van der Waals surface area contributed by atoms with Gasteiger partial charge in [-0.05, 0) is 73.5 Å². The molecule has 4 rings (SSSR count). The van der Waals surface area contributed by atoms with Crippen LogP contribution in [-0.2, 0) is 33.4 Å². The van der Waals surface area contributed by atoms with Crippen molar-refractivity contribution in [2.75, 3.05) is 26.6 Å². The van der Waals surface area contributed by atoms with E-state index in [1.807, 2.05) is 20.8 Å². The van der Waals surface area contributed by atoms with Crippen LogP contribution in [0.25, 0.3) is 0 Å². The first kappa shape index (κ1) is 36.3. The van der Waals surface area contributed by atoms with Gasteiger partial charge in [-0.15, -0.1) is 0 Å². The van der Waals surface area contributed by atoms with E-state index in [2.05, 4.69) is 29.8 Å². The van der Waals surface area contributed by atoms with Crippen molar-refractivity contribution in [2.45, 2.75) is 123 Å². The van der Waals surface area contributed by atoms with E-state index in [0.717, 1.165) is 51.4 Å². The normalized spacial score (nSPS) is 24.1. The van der Waals surface area contributed by atoms with Crippen LogP contribution in [0.2, 0.25) is 0 Å². The van der Waals surface area contributed by atoms with Gasteiger partial charge >= 0.3 is 5.97 Å². The lowest BCUT2D eigenvalue weighted by atomic mass is 9.85. The van der Waals surface area contributed by atoms with Crippen LogP contribution in [0.15, 0.2) is 0 Å². The molecule has 4 fully saturated rings. The summed E-state index contributed by atoms with van der Waals surface area (Å²) in [6.07, 6.45) is 9.14. The van der Waals surface area contributed by atoms with E-state index in [-0.39, 0.29) is 49.0 Å². The molecule has 5 N–H and O–H groups in total. The summed E-state index contributed by atoms with van der Waals surface area (Å²) in [5.74, 6) is -1.40. The van der Waals surface area contributed by atoms with E-state index >= 15 is 0 Å². The number of carbonyl (C=O) groups is 5. The first-order valence-corrected chi connectivity index (χ1v) is 17.4. The first-order valence-electron chi connectivity index (χ1n) is 17.4. The van der Waals surface area contributed by atoms with Crippen molar-refractivity contribution in [3.63, 3.8) is 0 Å². The molecule has 0 bridgehead atoms. The Hall–Kier alpha value is -2.57. The van der Waals surface area contributed by atoms with E-state index in [1.165, 1.54) is 0 Å². The number of primary amides is 1. The number of nitrogens with one attached hydrogen (secondary N) is 3. The Morgan fingerprint density at radius 1 is 0.891 bits per heavy atom. The average Bonchev–Trinajstić information content (AvgIpc) is 3.89. The Bertz CT molecular complexity index is 1090. The van der Waals surface area contributed by atoms with Gasteiger partial charge in [-0.2, -0.15) is 0 Å². The van der Waals surface area contributed by atoms with Gasteiger partial charge in [-0.1, -0.05) is 60.3 Å². The molecule has 0 aromatic carbocycles. The summed E-state index contributed by atoms with van der Waals surface area (Å²) in [4.78, 5) is 66.6. The number of hydrogen-bond donors (Lipinski definition) is 4. The Morgan fingerprint density at radius 3 is 2.09 bits per heavy atom. The zero-order valence-electron chi connectivity index (χ0n) is 28.5. The molecule has 0 spiro atoms. The molecular weight excluding hydrogens is 590 g/mol. The molecule has 46 heavy (non-hydrogen) atoms. The molecule has 260 valence electrons. The van der Waals surface area contributed by atoms with Crippen LogP contribution in [0, 0.1) is 35.0 Å². The molecule has 3 aliphatic carbocycles. The molecule has 4 aliphatic rings. The lowest BCUT2D eigenvalue weighted by Crippen LogP contribution is -2.58. The van der Waals surface area contributed by atoms with Gasteiger partial charge in [0.25, 0.3) is 5.91 Å². The van der Waals surface area contributed by atoms with Crippen molar-refractivity contribution in [3.05, 3.63) is 0 Å². The molecule has 0 aromatic heterocycles. The third-order valence-electron chi connectivity index (χ3n) is 10.2. The van der Waals surface area contributed by atoms with Crippen molar-refractivity contribution in [1.29, 1.82) is 0 Å². The smallest absolute Gasteiger partial charge is 0.323 e. The maximum Gasteiger partial charge on any atom is 0.323 e. The number of Topliss-reactive ketones (excluding diaryl/α,β-unsaturated/α-hetero) is 1. The molecule has 1 saturated heterocycles. The van der Waals surface area contributed by atoms with Crippen LogP contribution in [0.4, 0.5) is 0 Å². The maximum atomic E-state index is 14.2. The summed E-state index contributed by atoms with van der Waals surface area (Å²) in [6, 6.07) is -2.84. The van der Waals surface area contributed by atoms with Gasteiger partial charge in [0.05, 0.1) is 32.2 Å². The van der Waals surface area contributed by atoms with Crippen molar-refractivity contribution in [3.8, 4) is 0 Å². The summed E-state index contributed by atoms with van der Waals surface area (Å²) in [7, 11) is 0. The molecule has 1 aliphatic heterocycles. The van der Waals surface area contributed by atoms with E-state index in [4.69, 9.17) is 15.2 Å². The highest BCUT2D eigenvalue weighted by Crippen LogP contribution is 2.35. The highest BCUT2D eigenvalue weighted by molar-refractivity contribution is 6.37. The van der Waals surface area contributed by atoms with Crippen molar-refractivity contribution >= 4 is 29.5 Å². The number of esters is 1. The number of amides is 3. The van der Waals surface area contributed by atoms with E-state index < -0.39 is 47.2 Å². The lowest BCUT2D eigenvalue weighted by molar-refractivity contribution is -0.149. The van der Waals surface area contributed by atoms with Gasteiger partial charge in [-0.3, -0.25) is 34.6 Å². The minimum Gasteiger partial charge on any atom is -0.464 e. The number of likely N-dealkylation sites (tertiary alicyclic amines) is 1. The summed E-state index contributed by atoms with van der Waals surface area (Å²) in [6.45, 7) is 11.1. The van der Waals surface area contributed by atoms with Crippen LogP contribution in [-0.4, -0.2) is 85.2 Å². The third kappa shape index (κ3) is 10.2. The number of rotatable bonds is 18. The fourth-order valence-corrected chi connectivity index (χ4v) is 6.78. The molecular formula is C34H57N5O7. The molecule has 0 aromatic rings. The summed E-state index contributed by atoms with van der Waals surface area (Å²) in [5, 5.41) is 9.28. The highest BCUT2D eigenvalue weighted by Gasteiger charge is 2.46. The Kier molecular flexibility index (Phi) is 12.6. The van der Waals surface area contributed by atoms with Crippen molar-refractivity contribution < 1.29 is 33.4 Å². The topological polar surface area (TPSA) is 169 Å². The zero-order chi connectivity index (χ0) is 33.6. The predicted octanol–water partition coefficient (Wildman–Crippen LogP) is 2.24. The molecule has 5 atom stereocenters. The number of nitrogens with two attached hydrogens (primary N) is 1. The second kappa shape index (κ2) is 16.0. The molecule has 3 saturated carbocycles. The monoisotopic (exact) mass is 647 g/mol. The number of ether oxygens (including phenoxy) is 2. The number of nitrogens with zero attached hydrogens (tertiary/aromatic N) is 1. The zero-order valence-corrected chi connectivity index (χ0v) is 28.5. The Labute approximate surface area is 274 Å². The minimum atomic E-state index is -1.07. The second-order valence-corrected chi connectivity index (χ2v) is 15.5.